The second-order valence-corrected chi connectivity index (χ2v) is 6.92. The van der Waals surface area contributed by atoms with Gasteiger partial charge in [-0.3, -0.25) is 0 Å². The van der Waals surface area contributed by atoms with Gasteiger partial charge in [-0.15, -0.1) is 0 Å². The molecule has 4 aromatic rings. The van der Waals surface area contributed by atoms with Crippen LogP contribution in [0.5, 0.6) is 5.75 Å². The molecule has 3 heteroatoms. The second kappa shape index (κ2) is 8.13. The van der Waals surface area contributed by atoms with Crippen molar-refractivity contribution in [3.63, 3.8) is 0 Å². The van der Waals surface area contributed by atoms with Gasteiger partial charge in [-0.25, -0.2) is 4.98 Å². The highest BCUT2D eigenvalue weighted by Gasteiger charge is 2.09. The number of aryl methyl sites for hydroxylation is 2. The van der Waals surface area contributed by atoms with Crippen LogP contribution in [-0.2, 0) is 6.54 Å². The summed E-state index contributed by atoms with van der Waals surface area (Å²) in [6.07, 6.45) is 4.18. The smallest absolute Gasteiger partial charge is 0.133 e. The molecule has 3 aromatic carbocycles. The topological polar surface area (TPSA) is 27.1 Å². The molecule has 0 aliphatic rings. The molecule has 0 saturated carbocycles. The number of nitrogens with zero attached hydrogens (tertiary/aromatic N) is 2. The molecule has 28 heavy (non-hydrogen) atoms. The molecule has 4 rings (SSSR count). The van der Waals surface area contributed by atoms with E-state index in [2.05, 4.69) is 79.1 Å². The van der Waals surface area contributed by atoms with Crippen LogP contribution in [0.25, 0.3) is 23.2 Å². The first-order valence-corrected chi connectivity index (χ1v) is 9.60. The molecule has 0 aliphatic heterocycles. The number of benzene rings is 3. The fraction of sp³-hybridized carbons (Fsp3) is 0.160. The third-order valence-electron chi connectivity index (χ3n) is 4.88. The maximum absolute atomic E-state index is 6.13. The van der Waals surface area contributed by atoms with Crippen molar-refractivity contribution in [1.29, 1.82) is 0 Å². The van der Waals surface area contributed by atoms with Gasteiger partial charge in [-0.1, -0.05) is 66.7 Å². The molecule has 0 unspecified atom stereocenters. The SMILES string of the molecule is Cc1cccc(C)c1OCCn1c(/C=C/c2ccccc2)nc2ccccc21. The number of fused-ring (bicyclic) bond motifs is 1. The lowest BCUT2D eigenvalue weighted by Crippen LogP contribution is -2.10. The van der Waals surface area contributed by atoms with E-state index >= 15 is 0 Å². The van der Waals surface area contributed by atoms with Crippen molar-refractivity contribution in [3.05, 3.63) is 95.3 Å². The molecule has 0 N–H and O–H groups in total. The lowest BCUT2D eigenvalue weighted by atomic mass is 10.1. The summed E-state index contributed by atoms with van der Waals surface area (Å²) in [6.45, 7) is 5.51. The minimum absolute atomic E-state index is 0.595. The van der Waals surface area contributed by atoms with Crippen molar-refractivity contribution in [2.24, 2.45) is 0 Å². The molecule has 3 nitrogen and oxygen atoms in total. The van der Waals surface area contributed by atoms with E-state index in [-0.39, 0.29) is 0 Å². The molecule has 0 fully saturated rings. The average molecular weight is 368 g/mol. The van der Waals surface area contributed by atoms with Gasteiger partial charge in [0.25, 0.3) is 0 Å². The maximum atomic E-state index is 6.13. The Morgan fingerprint density at radius 1 is 0.821 bits per heavy atom. The number of aromatic nitrogens is 2. The van der Waals surface area contributed by atoms with Crippen molar-refractivity contribution in [2.45, 2.75) is 20.4 Å². The highest BCUT2D eigenvalue weighted by atomic mass is 16.5. The maximum Gasteiger partial charge on any atom is 0.133 e. The average Bonchev–Trinajstić information content (AvgIpc) is 3.07. The molecule has 140 valence electrons. The molecule has 1 heterocycles. The molecule has 0 radical (unpaired) electrons. The highest BCUT2D eigenvalue weighted by Crippen LogP contribution is 2.23. The Morgan fingerprint density at radius 2 is 1.54 bits per heavy atom. The molecule has 0 amide bonds. The molecule has 0 atom stereocenters. The van der Waals surface area contributed by atoms with Gasteiger partial charge in [0.05, 0.1) is 17.6 Å². The van der Waals surface area contributed by atoms with E-state index in [9.17, 15) is 0 Å². The fourth-order valence-electron chi connectivity index (χ4n) is 3.46. The van der Waals surface area contributed by atoms with E-state index in [0.29, 0.717) is 6.61 Å². The quantitative estimate of drug-likeness (QED) is 0.423. The van der Waals surface area contributed by atoms with Crippen LogP contribution in [0.1, 0.15) is 22.5 Å². The van der Waals surface area contributed by atoms with Crippen molar-refractivity contribution >= 4 is 23.2 Å². The summed E-state index contributed by atoms with van der Waals surface area (Å²) in [5.74, 6) is 1.92. The van der Waals surface area contributed by atoms with Crippen LogP contribution in [0, 0.1) is 13.8 Å². The van der Waals surface area contributed by atoms with E-state index in [1.165, 1.54) is 11.1 Å². The van der Waals surface area contributed by atoms with Crippen LogP contribution in [0.4, 0.5) is 0 Å². The van der Waals surface area contributed by atoms with Gasteiger partial charge in [0.15, 0.2) is 0 Å². The lowest BCUT2D eigenvalue weighted by molar-refractivity contribution is 0.296. The Bertz CT molecular complexity index is 1090. The summed E-state index contributed by atoms with van der Waals surface area (Å²) in [5, 5.41) is 0. The molecular formula is C25H24N2O. The number of imidazole rings is 1. The van der Waals surface area contributed by atoms with Crippen LogP contribution in [-0.4, -0.2) is 16.2 Å². The first kappa shape index (κ1) is 18.1. The van der Waals surface area contributed by atoms with Crippen molar-refractivity contribution in [2.75, 3.05) is 6.61 Å². The molecule has 0 spiro atoms. The first-order chi connectivity index (χ1) is 13.7. The van der Waals surface area contributed by atoms with Crippen molar-refractivity contribution < 1.29 is 4.74 Å². The molecule has 0 aliphatic carbocycles. The number of ether oxygens (including phenoxy) is 1. The number of hydrogen-bond acceptors (Lipinski definition) is 2. The van der Waals surface area contributed by atoms with Crippen LogP contribution in [0.15, 0.2) is 72.8 Å². The summed E-state index contributed by atoms with van der Waals surface area (Å²) in [5.41, 5.74) is 5.62. The van der Waals surface area contributed by atoms with Gasteiger partial charge in [-0.2, -0.15) is 0 Å². The predicted molar refractivity (Wildman–Crippen MR) is 117 cm³/mol. The number of hydrogen-bond donors (Lipinski definition) is 0. The van der Waals surface area contributed by atoms with Crippen molar-refractivity contribution in [3.8, 4) is 5.75 Å². The first-order valence-electron chi connectivity index (χ1n) is 9.60. The third kappa shape index (κ3) is 3.84. The van der Waals surface area contributed by atoms with Gasteiger partial charge < -0.3 is 9.30 Å². The largest absolute Gasteiger partial charge is 0.491 e. The number of rotatable bonds is 6. The van der Waals surface area contributed by atoms with E-state index in [0.717, 1.165) is 34.7 Å². The summed E-state index contributed by atoms with van der Waals surface area (Å²) >= 11 is 0. The molecule has 1 aromatic heterocycles. The summed E-state index contributed by atoms with van der Waals surface area (Å²) < 4.78 is 8.36. The normalized spacial score (nSPS) is 11.4. The summed E-state index contributed by atoms with van der Waals surface area (Å²) in [7, 11) is 0. The summed E-state index contributed by atoms with van der Waals surface area (Å²) in [6, 6.07) is 24.8. The zero-order valence-corrected chi connectivity index (χ0v) is 16.3. The van der Waals surface area contributed by atoms with Crippen LogP contribution >= 0.6 is 0 Å². The fourth-order valence-corrected chi connectivity index (χ4v) is 3.46. The Labute approximate surface area is 165 Å². The van der Waals surface area contributed by atoms with E-state index in [1.807, 2.05) is 24.3 Å². The van der Waals surface area contributed by atoms with Gasteiger partial charge in [0.1, 0.15) is 18.2 Å². The zero-order chi connectivity index (χ0) is 19.3. The van der Waals surface area contributed by atoms with Crippen molar-refractivity contribution in [1.82, 2.24) is 9.55 Å². The number of para-hydroxylation sites is 3. The Balaban J connectivity index is 1.59. The minimum Gasteiger partial charge on any atom is -0.491 e. The van der Waals surface area contributed by atoms with E-state index < -0.39 is 0 Å². The zero-order valence-electron chi connectivity index (χ0n) is 16.3. The lowest BCUT2D eigenvalue weighted by Gasteiger charge is -2.13. The van der Waals surface area contributed by atoms with Crippen LogP contribution in [0.2, 0.25) is 0 Å². The Kier molecular flexibility index (Phi) is 5.24. The summed E-state index contributed by atoms with van der Waals surface area (Å²) in [4.78, 5) is 4.81. The Morgan fingerprint density at radius 3 is 2.32 bits per heavy atom. The molecule has 0 saturated heterocycles. The van der Waals surface area contributed by atoms with Gasteiger partial charge in [-0.05, 0) is 48.7 Å². The van der Waals surface area contributed by atoms with E-state index in [1.54, 1.807) is 0 Å². The molecule has 0 bridgehead atoms. The Hall–Kier alpha value is -3.33. The monoisotopic (exact) mass is 368 g/mol. The van der Waals surface area contributed by atoms with Gasteiger partial charge >= 0.3 is 0 Å². The standard InChI is InChI=1S/C25H24N2O/c1-19-9-8-10-20(2)25(19)28-18-17-27-23-14-7-6-13-22(23)26-24(27)16-15-21-11-4-3-5-12-21/h3-16H,17-18H2,1-2H3/b16-15+. The highest BCUT2D eigenvalue weighted by molar-refractivity contribution is 5.79. The third-order valence-corrected chi connectivity index (χ3v) is 4.88. The second-order valence-electron chi connectivity index (χ2n) is 6.92. The van der Waals surface area contributed by atoms with E-state index in [4.69, 9.17) is 9.72 Å². The van der Waals surface area contributed by atoms with Gasteiger partial charge in [0.2, 0.25) is 0 Å². The van der Waals surface area contributed by atoms with Crippen LogP contribution < -0.4 is 4.74 Å². The molecular weight excluding hydrogens is 344 g/mol. The predicted octanol–water partition coefficient (Wildman–Crippen LogP) is 5.90. The van der Waals surface area contributed by atoms with Crippen LogP contribution in [0.3, 0.4) is 0 Å². The minimum atomic E-state index is 0.595. The van der Waals surface area contributed by atoms with Gasteiger partial charge in [0, 0.05) is 0 Å².